The molecule has 0 fully saturated rings. The maximum atomic E-state index is 13.3. The fraction of sp³-hybridized carbons (Fsp3) is 0.0909. The van der Waals surface area contributed by atoms with Crippen LogP contribution >= 0.6 is 0 Å². The van der Waals surface area contributed by atoms with Crippen molar-refractivity contribution in [3.05, 3.63) is 53.4 Å². The highest BCUT2D eigenvalue weighted by molar-refractivity contribution is 6.07. The third-order valence-corrected chi connectivity index (χ3v) is 2.22. The average Bonchev–Trinajstić information content (AvgIpc) is 2.72. The van der Waals surface area contributed by atoms with Crippen LogP contribution in [-0.2, 0) is 7.05 Å². The molecule has 88 valence electrons. The lowest BCUT2D eigenvalue weighted by molar-refractivity contribution is 0.102. The molecule has 0 amide bonds. The van der Waals surface area contributed by atoms with Gasteiger partial charge in [0.05, 0.1) is 11.9 Å². The molecule has 0 saturated heterocycles. The SMILES string of the molecule is Cn1cnc(C(=O)c2ccc(F)c(F)c2F)c1. The summed E-state index contributed by atoms with van der Waals surface area (Å²) < 4.78 is 40.5. The van der Waals surface area contributed by atoms with Gasteiger partial charge in [0.2, 0.25) is 5.78 Å². The number of carbonyl (C=O) groups excluding carboxylic acids is 1. The van der Waals surface area contributed by atoms with E-state index < -0.39 is 28.8 Å². The zero-order valence-electron chi connectivity index (χ0n) is 8.75. The Kier molecular flexibility index (Phi) is 2.71. The van der Waals surface area contributed by atoms with E-state index in [9.17, 15) is 18.0 Å². The van der Waals surface area contributed by atoms with Crippen molar-refractivity contribution in [3.63, 3.8) is 0 Å². The summed E-state index contributed by atoms with van der Waals surface area (Å²) in [4.78, 5) is 15.5. The molecule has 0 spiro atoms. The lowest BCUT2D eigenvalue weighted by Gasteiger charge is -2.01. The first kappa shape index (κ1) is 11.4. The van der Waals surface area contributed by atoms with Gasteiger partial charge in [0.15, 0.2) is 17.5 Å². The van der Waals surface area contributed by atoms with E-state index >= 15 is 0 Å². The second-order valence-electron chi connectivity index (χ2n) is 3.48. The highest BCUT2D eigenvalue weighted by Crippen LogP contribution is 2.17. The van der Waals surface area contributed by atoms with E-state index in [0.717, 1.165) is 6.07 Å². The van der Waals surface area contributed by atoms with Crippen LogP contribution < -0.4 is 0 Å². The van der Waals surface area contributed by atoms with Crippen LogP contribution in [0, 0.1) is 17.5 Å². The number of benzene rings is 1. The van der Waals surface area contributed by atoms with Crippen LogP contribution in [0.15, 0.2) is 24.7 Å². The quantitative estimate of drug-likeness (QED) is 0.595. The highest BCUT2D eigenvalue weighted by Gasteiger charge is 2.21. The minimum Gasteiger partial charge on any atom is -0.340 e. The molecule has 6 heteroatoms. The van der Waals surface area contributed by atoms with Crippen LogP contribution in [0.25, 0.3) is 0 Å². The van der Waals surface area contributed by atoms with E-state index in [0.29, 0.717) is 6.07 Å². The number of carbonyl (C=O) groups is 1. The molecule has 0 bridgehead atoms. The lowest BCUT2D eigenvalue weighted by Crippen LogP contribution is -2.07. The molecular weight excluding hydrogens is 233 g/mol. The zero-order valence-corrected chi connectivity index (χ0v) is 8.75. The Morgan fingerprint density at radius 3 is 2.53 bits per heavy atom. The first-order valence-electron chi connectivity index (χ1n) is 4.67. The second-order valence-corrected chi connectivity index (χ2v) is 3.48. The standard InChI is InChI=1S/C11H7F3N2O/c1-16-4-8(15-5-16)11(17)6-2-3-7(12)10(14)9(6)13/h2-5H,1H3. The Balaban J connectivity index is 2.48. The summed E-state index contributed by atoms with van der Waals surface area (Å²) in [6, 6.07) is 1.60. The van der Waals surface area contributed by atoms with Gasteiger partial charge in [-0.25, -0.2) is 18.2 Å². The third-order valence-electron chi connectivity index (χ3n) is 2.22. The average molecular weight is 240 g/mol. The van der Waals surface area contributed by atoms with E-state index in [4.69, 9.17) is 0 Å². The van der Waals surface area contributed by atoms with Crippen LogP contribution in [0.1, 0.15) is 16.1 Å². The first-order chi connectivity index (χ1) is 8.00. The summed E-state index contributed by atoms with van der Waals surface area (Å²) in [5.41, 5.74) is -0.569. The number of aromatic nitrogens is 2. The fourth-order valence-corrected chi connectivity index (χ4v) is 1.37. The summed E-state index contributed by atoms with van der Waals surface area (Å²) in [7, 11) is 1.63. The Morgan fingerprint density at radius 2 is 1.94 bits per heavy atom. The molecule has 1 aromatic heterocycles. The summed E-state index contributed by atoms with van der Waals surface area (Å²) >= 11 is 0. The van der Waals surface area contributed by atoms with Crippen molar-refractivity contribution < 1.29 is 18.0 Å². The molecule has 1 heterocycles. The number of hydrogen-bond acceptors (Lipinski definition) is 2. The molecule has 0 unspecified atom stereocenters. The summed E-state index contributed by atoms with van der Waals surface area (Å²) in [5, 5.41) is 0. The van der Waals surface area contributed by atoms with Crippen LogP contribution in [-0.4, -0.2) is 15.3 Å². The number of halogens is 3. The summed E-state index contributed by atoms with van der Waals surface area (Å²) in [6.45, 7) is 0. The molecule has 2 rings (SSSR count). The molecule has 2 aromatic rings. The molecule has 0 atom stereocenters. The minimum absolute atomic E-state index is 0.0302. The van der Waals surface area contributed by atoms with Gasteiger partial charge in [0.1, 0.15) is 5.69 Å². The van der Waals surface area contributed by atoms with Crippen molar-refractivity contribution in [3.8, 4) is 0 Å². The van der Waals surface area contributed by atoms with Gasteiger partial charge in [-0.15, -0.1) is 0 Å². The lowest BCUT2D eigenvalue weighted by atomic mass is 10.1. The van der Waals surface area contributed by atoms with Gasteiger partial charge in [0, 0.05) is 13.2 Å². The number of aryl methyl sites for hydroxylation is 1. The Morgan fingerprint density at radius 1 is 1.24 bits per heavy atom. The van der Waals surface area contributed by atoms with Gasteiger partial charge >= 0.3 is 0 Å². The van der Waals surface area contributed by atoms with Crippen molar-refractivity contribution in [2.24, 2.45) is 7.05 Å². The number of nitrogens with zero attached hydrogens (tertiary/aromatic N) is 2. The molecule has 0 radical (unpaired) electrons. The zero-order chi connectivity index (χ0) is 12.6. The van der Waals surface area contributed by atoms with Gasteiger partial charge in [-0.3, -0.25) is 4.79 Å². The van der Waals surface area contributed by atoms with E-state index in [2.05, 4.69) is 4.98 Å². The molecule has 0 saturated carbocycles. The number of imidazole rings is 1. The molecule has 0 aliphatic rings. The van der Waals surface area contributed by atoms with Crippen molar-refractivity contribution in [2.75, 3.05) is 0 Å². The molecule has 1 aromatic carbocycles. The summed E-state index contributed by atoms with van der Waals surface area (Å²) in [6.07, 6.45) is 2.72. The van der Waals surface area contributed by atoms with E-state index in [1.807, 2.05) is 0 Å². The fourth-order valence-electron chi connectivity index (χ4n) is 1.37. The van der Waals surface area contributed by atoms with E-state index in [1.54, 1.807) is 7.05 Å². The van der Waals surface area contributed by atoms with Crippen LogP contribution in [0.5, 0.6) is 0 Å². The molecule has 3 nitrogen and oxygen atoms in total. The summed E-state index contributed by atoms with van der Waals surface area (Å²) in [5.74, 6) is -5.28. The maximum absolute atomic E-state index is 13.3. The number of ketones is 1. The monoisotopic (exact) mass is 240 g/mol. The Bertz CT molecular complexity index is 592. The Labute approximate surface area is 94.5 Å². The van der Waals surface area contributed by atoms with E-state index in [-0.39, 0.29) is 5.69 Å². The van der Waals surface area contributed by atoms with Crippen LogP contribution in [0.4, 0.5) is 13.2 Å². The maximum Gasteiger partial charge on any atom is 0.215 e. The highest BCUT2D eigenvalue weighted by atomic mass is 19.2. The molecular formula is C11H7F3N2O. The number of rotatable bonds is 2. The van der Waals surface area contributed by atoms with Gasteiger partial charge in [0.25, 0.3) is 0 Å². The smallest absolute Gasteiger partial charge is 0.215 e. The van der Waals surface area contributed by atoms with Crippen molar-refractivity contribution in [2.45, 2.75) is 0 Å². The molecule has 0 N–H and O–H groups in total. The predicted molar refractivity (Wildman–Crippen MR) is 53.0 cm³/mol. The normalized spacial score (nSPS) is 10.6. The minimum atomic E-state index is -1.66. The second kappa shape index (κ2) is 4.04. The molecule has 0 aliphatic heterocycles. The first-order valence-corrected chi connectivity index (χ1v) is 4.67. The van der Waals surface area contributed by atoms with Crippen LogP contribution in [0.3, 0.4) is 0 Å². The predicted octanol–water partition coefficient (Wildman–Crippen LogP) is 2.07. The molecule has 17 heavy (non-hydrogen) atoms. The van der Waals surface area contributed by atoms with Crippen molar-refractivity contribution in [1.29, 1.82) is 0 Å². The van der Waals surface area contributed by atoms with Crippen LogP contribution in [0.2, 0.25) is 0 Å². The van der Waals surface area contributed by atoms with Crippen molar-refractivity contribution in [1.82, 2.24) is 9.55 Å². The van der Waals surface area contributed by atoms with E-state index in [1.165, 1.54) is 17.1 Å². The third kappa shape index (κ3) is 1.93. The molecule has 0 aliphatic carbocycles. The van der Waals surface area contributed by atoms with Gasteiger partial charge in [-0.05, 0) is 12.1 Å². The van der Waals surface area contributed by atoms with Gasteiger partial charge < -0.3 is 4.57 Å². The van der Waals surface area contributed by atoms with Crippen molar-refractivity contribution >= 4 is 5.78 Å². The van der Waals surface area contributed by atoms with Gasteiger partial charge in [-0.1, -0.05) is 0 Å². The topological polar surface area (TPSA) is 34.9 Å². The Hall–Kier alpha value is -2.11. The number of hydrogen-bond donors (Lipinski definition) is 0. The largest absolute Gasteiger partial charge is 0.340 e. The van der Waals surface area contributed by atoms with Gasteiger partial charge in [-0.2, -0.15) is 0 Å².